The largest absolute Gasteiger partial charge is 0.442 e. The molecule has 17 heavy (non-hydrogen) atoms. The molecular weight excluding hydrogens is 220 g/mol. The number of carbonyl (C=O) groups is 1. The molecule has 0 spiro atoms. The number of ether oxygens (including phenoxy) is 1. The van der Waals surface area contributed by atoms with Gasteiger partial charge in [0.05, 0.1) is 0 Å². The van der Waals surface area contributed by atoms with Crippen molar-refractivity contribution in [2.75, 3.05) is 0 Å². The normalized spacial score (nSPS) is 10.8. The van der Waals surface area contributed by atoms with Crippen LogP contribution in [0.3, 0.4) is 0 Å². The predicted molar refractivity (Wildman–Crippen MR) is 60.4 cm³/mol. The van der Waals surface area contributed by atoms with Crippen LogP contribution in [0.15, 0.2) is 31.0 Å². The minimum atomic E-state index is -0.457. The highest BCUT2D eigenvalue weighted by atomic mass is 16.5. The van der Waals surface area contributed by atoms with Crippen molar-refractivity contribution in [3.8, 4) is 0 Å². The summed E-state index contributed by atoms with van der Waals surface area (Å²) < 4.78 is 8.17. The SMILES string of the molecule is CC(C)n1ccc(COC(=O)n2ccnc2)n1. The van der Waals surface area contributed by atoms with Crippen molar-refractivity contribution in [2.45, 2.75) is 26.5 Å². The molecule has 0 aromatic carbocycles. The second-order valence-corrected chi connectivity index (χ2v) is 3.91. The van der Waals surface area contributed by atoms with E-state index < -0.39 is 6.09 Å². The number of hydrogen-bond donors (Lipinski definition) is 0. The summed E-state index contributed by atoms with van der Waals surface area (Å²) in [6.45, 7) is 4.24. The Morgan fingerprint density at radius 1 is 1.47 bits per heavy atom. The summed E-state index contributed by atoms with van der Waals surface area (Å²) >= 11 is 0. The fourth-order valence-corrected chi connectivity index (χ4v) is 1.32. The summed E-state index contributed by atoms with van der Waals surface area (Å²) in [5.41, 5.74) is 0.729. The average molecular weight is 234 g/mol. The lowest BCUT2D eigenvalue weighted by Crippen LogP contribution is -2.12. The summed E-state index contributed by atoms with van der Waals surface area (Å²) in [6.07, 6.45) is 5.87. The first-order chi connectivity index (χ1) is 8.16. The van der Waals surface area contributed by atoms with Gasteiger partial charge in [-0.15, -0.1) is 0 Å². The highest BCUT2D eigenvalue weighted by Gasteiger charge is 2.07. The highest BCUT2D eigenvalue weighted by molar-refractivity contribution is 5.69. The van der Waals surface area contributed by atoms with Crippen LogP contribution in [0.4, 0.5) is 4.79 Å². The van der Waals surface area contributed by atoms with Crippen LogP contribution in [0, 0.1) is 0 Å². The number of nitrogens with zero attached hydrogens (tertiary/aromatic N) is 4. The molecule has 2 rings (SSSR count). The molecule has 0 fully saturated rings. The monoisotopic (exact) mass is 234 g/mol. The van der Waals surface area contributed by atoms with Crippen molar-refractivity contribution < 1.29 is 9.53 Å². The lowest BCUT2D eigenvalue weighted by molar-refractivity contribution is 0.139. The summed E-state index contributed by atoms with van der Waals surface area (Å²) in [5.74, 6) is 0. The van der Waals surface area contributed by atoms with E-state index in [2.05, 4.69) is 10.1 Å². The third kappa shape index (κ3) is 2.72. The van der Waals surface area contributed by atoms with E-state index in [1.807, 2.05) is 30.8 Å². The molecule has 0 atom stereocenters. The van der Waals surface area contributed by atoms with Crippen LogP contribution in [0.25, 0.3) is 0 Å². The van der Waals surface area contributed by atoms with Crippen LogP contribution in [0.2, 0.25) is 0 Å². The lowest BCUT2D eigenvalue weighted by atomic mass is 10.4. The van der Waals surface area contributed by atoms with E-state index in [1.165, 1.54) is 23.3 Å². The van der Waals surface area contributed by atoms with E-state index in [0.717, 1.165) is 5.69 Å². The lowest BCUT2D eigenvalue weighted by Gasteiger charge is -2.04. The Kier molecular flexibility index (Phi) is 3.22. The molecule has 0 amide bonds. The average Bonchev–Trinajstić information content (AvgIpc) is 2.97. The predicted octanol–water partition coefficient (Wildman–Crippen LogP) is 1.85. The van der Waals surface area contributed by atoms with E-state index in [1.54, 1.807) is 0 Å². The Bertz CT molecular complexity index is 487. The molecule has 90 valence electrons. The second kappa shape index (κ2) is 4.82. The van der Waals surface area contributed by atoms with Crippen molar-refractivity contribution in [3.05, 3.63) is 36.7 Å². The zero-order valence-electron chi connectivity index (χ0n) is 9.78. The number of aromatic nitrogens is 4. The van der Waals surface area contributed by atoms with Gasteiger partial charge in [-0.3, -0.25) is 4.68 Å². The quantitative estimate of drug-likeness (QED) is 0.813. The van der Waals surface area contributed by atoms with Gasteiger partial charge in [0.2, 0.25) is 0 Å². The number of imidazole rings is 1. The number of hydrogen-bond acceptors (Lipinski definition) is 4. The molecule has 6 nitrogen and oxygen atoms in total. The first-order valence-corrected chi connectivity index (χ1v) is 5.36. The van der Waals surface area contributed by atoms with Crippen molar-refractivity contribution in [3.63, 3.8) is 0 Å². The van der Waals surface area contributed by atoms with Crippen LogP contribution in [-0.2, 0) is 11.3 Å². The molecule has 0 unspecified atom stereocenters. The standard InChI is InChI=1S/C11H14N4O2/c1-9(2)15-5-3-10(13-15)7-17-11(16)14-6-4-12-8-14/h3-6,8-9H,7H2,1-2H3. The zero-order chi connectivity index (χ0) is 12.3. The molecule has 0 N–H and O–H groups in total. The molecule has 0 bridgehead atoms. The van der Waals surface area contributed by atoms with Crippen LogP contribution >= 0.6 is 0 Å². The van der Waals surface area contributed by atoms with Gasteiger partial charge in [0.25, 0.3) is 0 Å². The molecule has 6 heteroatoms. The van der Waals surface area contributed by atoms with Crippen LogP contribution in [-0.4, -0.2) is 25.4 Å². The number of carbonyl (C=O) groups excluding carboxylic acids is 1. The van der Waals surface area contributed by atoms with E-state index in [0.29, 0.717) is 6.04 Å². The third-order valence-electron chi connectivity index (χ3n) is 2.25. The molecule has 0 aliphatic rings. The molecule has 0 aliphatic heterocycles. The van der Waals surface area contributed by atoms with Gasteiger partial charge in [0.15, 0.2) is 0 Å². The van der Waals surface area contributed by atoms with E-state index >= 15 is 0 Å². The van der Waals surface area contributed by atoms with Crippen molar-refractivity contribution in [1.29, 1.82) is 0 Å². The molecule has 0 saturated heterocycles. The molecule has 2 heterocycles. The summed E-state index contributed by atoms with van der Waals surface area (Å²) in [6, 6.07) is 2.13. The van der Waals surface area contributed by atoms with Crippen LogP contribution < -0.4 is 0 Å². The smallest absolute Gasteiger partial charge is 0.419 e. The first-order valence-electron chi connectivity index (χ1n) is 5.36. The fraction of sp³-hybridized carbons (Fsp3) is 0.364. The third-order valence-corrected chi connectivity index (χ3v) is 2.25. The van der Waals surface area contributed by atoms with Gasteiger partial charge in [-0.1, -0.05) is 0 Å². The number of rotatable bonds is 3. The van der Waals surface area contributed by atoms with Gasteiger partial charge in [0, 0.05) is 24.6 Å². The molecular formula is C11H14N4O2. The summed E-state index contributed by atoms with van der Waals surface area (Å²) in [7, 11) is 0. The first kappa shape index (κ1) is 11.4. The molecule has 2 aromatic rings. The van der Waals surface area contributed by atoms with Gasteiger partial charge in [-0.25, -0.2) is 14.3 Å². The Balaban J connectivity index is 1.91. The second-order valence-electron chi connectivity index (χ2n) is 3.91. The topological polar surface area (TPSA) is 61.9 Å². The minimum absolute atomic E-state index is 0.163. The maximum Gasteiger partial charge on any atom is 0.419 e. The van der Waals surface area contributed by atoms with Crippen LogP contribution in [0.5, 0.6) is 0 Å². The summed E-state index contributed by atoms with van der Waals surface area (Å²) in [4.78, 5) is 15.3. The maximum absolute atomic E-state index is 11.5. The van der Waals surface area contributed by atoms with Gasteiger partial charge in [0.1, 0.15) is 18.6 Å². The van der Waals surface area contributed by atoms with E-state index in [9.17, 15) is 4.79 Å². The van der Waals surface area contributed by atoms with E-state index in [-0.39, 0.29) is 6.61 Å². The Labute approximate surface area is 98.8 Å². The van der Waals surface area contributed by atoms with Crippen molar-refractivity contribution >= 4 is 6.09 Å². The van der Waals surface area contributed by atoms with Gasteiger partial charge >= 0.3 is 6.09 Å². The molecule has 0 saturated carbocycles. The maximum atomic E-state index is 11.5. The Hall–Kier alpha value is -2.11. The van der Waals surface area contributed by atoms with Gasteiger partial charge in [-0.05, 0) is 19.9 Å². The van der Waals surface area contributed by atoms with Crippen molar-refractivity contribution in [2.24, 2.45) is 0 Å². The molecule has 0 aliphatic carbocycles. The van der Waals surface area contributed by atoms with Gasteiger partial charge in [-0.2, -0.15) is 5.10 Å². The Morgan fingerprint density at radius 3 is 2.88 bits per heavy atom. The molecule has 0 radical (unpaired) electrons. The summed E-state index contributed by atoms with van der Waals surface area (Å²) in [5, 5.41) is 4.28. The Morgan fingerprint density at radius 2 is 2.29 bits per heavy atom. The fourth-order valence-electron chi connectivity index (χ4n) is 1.32. The van der Waals surface area contributed by atoms with Crippen molar-refractivity contribution in [1.82, 2.24) is 19.3 Å². The molecule has 2 aromatic heterocycles. The highest BCUT2D eigenvalue weighted by Crippen LogP contribution is 2.05. The minimum Gasteiger partial charge on any atom is -0.442 e. The van der Waals surface area contributed by atoms with Crippen LogP contribution in [0.1, 0.15) is 25.6 Å². The van der Waals surface area contributed by atoms with Gasteiger partial charge < -0.3 is 4.74 Å². The zero-order valence-corrected chi connectivity index (χ0v) is 9.78. The van der Waals surface area contributed by atoms with E-state index in [4.69, 9.17) is 4.74 Å².